The van der Waals surface area contributed by atoms with Crippen LogP contribution in [0.5, 0.6) is 0 Å². The maximum Gasteiger partial charge on any atom is 0.243 e. The van der Waals surface area contributed by atoms with Crippen LogP contribution in [0.4, 0.5) is 15.9 Å². The van der Waals surface area contributed by atoms with Crippen molar-refractivity contribution in [2.45, 2.75) is 37.0 Å². The van der Waals surface area contributed by atoms with E-state index in [0.717, 1.165) is 55.4 Å². The summed E-state index contributed by atoms with van der Waals surface area (Å²) in [5, 5.41) is 3.65. The molecular formula is C26H29FN4O3S. The topological polar surface area (TPSA) is 82.6 Å². The molecule has 3 aromatic rings. The van der Waals surface area contributed by atoms with Crippen molar-refractivity contribution in [3.8, 4) is 0 Å². The Balaban J connectivity index is 1.30. The van der Waals surface area contributed by atoms with Gasteiger partial charge in [-0.3, -0.25) is 4.79 Å². The molecule has 2 aliphatic rings. The van der Waals surface area contributed by atoms with Crippen molar-refractivity contribution in [3.63, 3.8) is 0 Å². The monoisotopic (exact) mass is 496 g/mol. The number of carbonyl (C=O) groups is 1. The van der Waals surface area contributed by atoms with E-state index in [1.165, 1.54) is 12.1 Å². The Morgan fingerprint density at radius 2 is 1.71 bits per heavy atom. The number of aromatic nitrogens is 1. The van der Waals surface area contributed by atoms with Gasteiger partial charge in [0.05, 0.1) is 16.3 Å². The molecule has 2 fully saturated rings. The molecule has 1 N–H and O–H groups in total. The lowest BCUT2D eigenvalue weighted by molar-refractivity contribution is -0.120. The number of hydrogen-bond donors (Lipinski definition) is 1. The van der Waals surface area contributed by atoms with Gasteiger partial charge in [-0.15, -0.1) is 0 Å². The number of carbonyl (C=O) groups excluding carboxylic acids is 1. The van der Waals surface area contributed by atoms with Crippen LogP contribution >= 0.6 is 0 Å². The van der Waals surface area contributed by atoms with Gasteiger partial charge in [0.2, 0.25) is 15.9 Å². The van der Waals surface area contributed by atoms with Crippen molar-refractivity contribution in [3.05, 3.63) is 60.4 Å². The van der Waals surface area contributed by atoms with Crippen molar-refractivity contribution >= 4 is 38.3 Å². The average molecular weight is 497 g/mol. The first kappa shape index (κ1) is 23.7. The first-order valence-electron chi connectivity index (χ1n) is 12.1. The smallest absolute Gasteiger partial charge is 0.243 e. The molecule has 3 heterocycles. The second kappa shape index (κ2) is 9.91. The zero-order valence-electron chi connectivity index (χ0n) is 19.5. The second-order valence-corrected chi connectivity index (χ2v) is 11.2. The number of rotatable bonds is 5. The molecule has 2 saturated heterocycles. The van der Waals surface area contributed by atoms with Gasteiger partial charge in [0, 0.05) is 37.3 Å². The lowest BCUT2D eigenvalue weighted by atomic mass is 9.97. The number of nitrogens with zero attached hydrogens (tertiary/aromatic N) is 3. The van der Waals surface area contributed by atoms with E-state index in [1.54, 1.807) is 34.6 Å². The van der Waals surface area contributed by atoms with Crippen LogP contribution in [0.2, 0.25) is 0 Å². The molecule has 1 amide bonds. The first-order chi connectivity index (χ1) is 16.9. The Hall–Kier alpha value is -3.04. The van der Waals surface area contributed by atoms with Gasteiger partial charge in [0.1, 0.15) is 11.6 Å². The van der Waals surface area contributed by atoms with Gasteiger partial charge in [-0.25, -0.2) is 17.8 Å². The molecule has 0 bridgehead atoms. The number of sulfonamides is 1. The summed E-state index contributed by atoms with van der Waals surface area (Å²) >= 11 is 0. The molecule has 0 saturated carbocycles. The number of benzene rings is 2. The Labute approximate surface area is 205 Å². The van der Waals surface area contributed by atoms with E-state index >= 15 is 0 Å². The molecule has 9 heteroatoms. The molecule has 35 heavy (non-hydrogen) atoms. The van der Waals surface area contributed by atoms with E-state index in [2.05, 4.69) is 10.2 Å². The summed E-state index contributed by atoms with van der Waals surface area (Å²) < 4.78 is 40.8. The molecule has 5 rings (SSSR count). The largest absolute Gasteiger partial charge is 0.356 e. The maximum atomic E-state index is 13.1. The standard InChI is InChI=1S/C26H29FN4O3S/c27-21-7-9-22(10-8-21)28-26(32)20-5-4-14-30(18-20)25-13-6-19-17-23(11-12-24(19)29-25)35(33,34)31-15-2-1-3-16-31/h6-13,17,20H,1-5,14-16,18H2,(H,28,32). The van der Waals surface area contributed by atoms with Crippen molar-refractivity contribution in [1.29, 1.82) is 0 Å². The van der Waals surface area contributed by atoms with E-state index in [1.807, 2.05) is 12.1 Å². The number of fused-ring (bicyclic) bond motifs is 1. The third kappa shape index (κ3) is 5.16. The highest BCUT2D eigenvalue weighted by atomic mass is 32.2. The average Bonchev–Trinajstić information content (AvgIpc) is 2.90. The molecule has 184 valence electrons. The van der Waals surface area contributed by atoms with Crippen molar-refractivity contribution < 1.29 is 17.6 Å². The molecule has 2 aliphatic heterocycles. The second-order valence-electron chi connectivity index (χ2n) is 9.27. The summed E-state index contributed by atoms with van der Waals surface area (Å²) in [6, 6.07) is 14.6. The van der Waals surface area contributed by atoms with E-state index < -0.39 is 10.0 Å². The van der Waals surface area contributed by atoms with Crippen LogP contribution in [0, 0.1) is 11.7 Å². The molecule has 0 aliphatic carbocycles. The van der Waals surface area contributed by atoms with Gasteiger partial charge in [-0.2, -0.15) is 4.31 Å². The van der Waals surface area contributed by atoms with E-state index in [0.29, 0.717) is 30.2 Å². The summed E-state index contributed by atoms with van der Waals surface area (Å²) in [6.45, 7) is 2.47. The fraction of sp³-hybridized carbons (Fsp3) is 0.385. The minimum Gasteiger partial charge on any atom is -0.356 e. The van der Waals surface area contributed by atoms with Crippen LogP contribution in [0.25, 0.3) is 10.9 Å². The van der Waals surface area contributed by atoms with E-state index in [-0.39, 0.29) is 17.6 Å². The number of pyridine rings is 1. The van der Waals surface area contributed by atoms with Crippen LogP contribution in [0.1, 0.15) is 32.1 Å². The zero-order chi connectivity index (χ0) is 24.4. The van der Waals surface area contributed by atoms with Gasteiger partial charge in [-0.1, -0.05) is 6.42 Å². The Bertz CT molecular complexity index is 1320. The van der Waals surface area contributed by atoms with Crippen LogP contribution in [-0.2, 0) is 14.8 Å². The first-order valence-corrected chi connectivity index (χ1v) is 13.6. The lowest BCUT2D eigenvalue weighted by Gasteiger charge is -2.33. The summed E-state index contributed by atoms with van der Waals surface area (Å²) in [6.07, 6.45) is 4.50. The maximum absolute atomic E-state index is 13.1. The third-order valence-electron chi connectivity index (χ3n) is 6.83. The normalized spacial score (nSPS) is 19.6. The van der Waals surface area contributed by atoms with Crippen molar-refractivity contribution in [2.75, 3.05) is 36.4 Å². The molecular weight excluding hydrogens is 467 g/mol. The number of hydrogen-bond acceptors (Lipinski definition) is 5. The minimum atomic E-state index is -3.50. The number of anilines is 2. The minimum absolute atomic E-state index is 0.0883. The van der Waals surface area contributed by atoms with Crippen molar-refractivity contribution in [2.24, 2.45) is 5.92 Å². The van der Waals surface area contributed by atoms with Crippen molar-refractivity contribution in [1.82, 2.24) is 9.29 Å². The van der Waals surface area contributed by atoms with E-state index in [9.17, 15) is 17.6 Å². The zero-order valence-corrected chi connectivity index (χ0v) is 20.3. The number of halogens is 1. The van der Waals surface area contributed by atoms with Crippen LogP contribution < -0.4 is 10.2 Å². The van der Waals surface area contributed by atoms with E-state index in [4.69, 9.17) is 4.98 Å². The Morgan fingerprint density at radius 3 is 2.49 bits per heavy atom. The SMILES string of the molecule is O=C(Nc1ccc(F)cc1)C1CCCN(c2ccc3cc(S(=O)(=O)N4CCCCC4)ccc3n2)C1. The molecule has 0 radical (unpaired) electrons. The van der Waals surface area contributed by atoms with Gasteiger partial charge >= 0.3 is 0 Å². The highest BCUT2D eigenvalue weighted by Gasteiger charge is 2.28. The molecule has 1 unspecified atom stereocenters. The summed E-state index contributed by atoms with van der Waals surface area (Å²) in [5.41, 5.74) is 1.30. The van der Waals surface area contributed by atoms with Gasteiger partial charge < -0.3 is 10.2 Å². The van der Waals surface area contributed by atoms with Gasteiger partial charge in [0.25, 0.3) is 0 Å². The highest BCUT2D eigenvalue weighted by Crippen LogP contribution is 2.28. The fourth-order valence-electron chi connectivity index (χ4n) is 4.86. The van der Waals surface area contributed by atoms with Crippen LogP contribution in [0.15, 0.2) is 59.5 Å². The highest BCUT2D eigenvalue weighted by molar-refractivity contribution is 7.89. The summed E-state index contributed by atoms with van der Waals surface area (Å²) in [7, 11) is -3.50. The third-order valence-corrected chi connectivity index (χ3v) is 8.72. The molecule has 0 spiro atoms. The van der Waals surface area contributed by atoms with Crippen LogP contribution in [0.3, 0.4) is 0 Å². The fourth-order valence-corrected chi connectivity index (χ4v) is 6.41. The summed E-state index contributed by atoms with van der Waals surface area (Å²) in [4.78, 5) is 20.0. The predicted octanol–water partition coefficient (Wildman–Crippen LogP) is 4.40. The molecule has 2 aromatic carbocycles. The Morgan fingerprint density at radius 1 is 0.943 bits per heavy atom. The number of amides is 1. The lowest BCUT2D eigenvalue weighted by Crippen LogP contribution is -2.41. The van der Waals surface area contributed by atoms with Gasteiger partial charge in [0.15, 0.2) is 0 Å². The number of piperidine rings is 2. The molecule has 1 atom stereocenters. The molecule has 1 aromatic heterocycles. The molecule has 7 nitrogen and oxygen atoms in total. The predicted molar refractivity (Wildman–Crippen MR) is 134 cm³/mol. The van der Waals surface area contributed by atoms with Crippen LogP contribution in [-0.4, -0.2) is 49.8 Å². The summed E-state index contributed by atoms with van der Waals surface area (Å²) in [5.74, 6) is 0.131. The Kier molecular flexibility index (Phi) is 6.71. The number of nitrogens with one attached hydrogen (secondary N) is 1. The quantitative estimate of drug-likeness (QED) is 0.566. The van der Waals surface area contributed by atoms with Gasteiger partial charge in [-0.05, 0) is 80.3 Å².